The second-order valence-electron chi connectivity index (χ2n) is 17.4. The number of fused-ring (bicyclic) bond motifs is 1. The zero-order chi connectivity index (χ0) is 43.4. The summed E-state index contributed by atoms with van der Waals surface area (Å²) in [7, 11) is -4.26. The van der Waals surface area contributed by atoms with Crippen LogP contribution >= 0.6 is 0 Å². The van der Waals surface area contributed by atoms with Crippen molar-refractivity contribution < 1.29 is 56.1 Å². The van der Waals surface area contributed by atoms with E-state index in [9.17, 15) is 32.4 Å². The molecule has 3 aliphatic heterocycles. The van der Waals surface area contributed by atoms with Gasteiger partial charge in [0.15, 0.2) is 11.5 Å². The summed E-state index contributed by atoms with van der Waals surface area (Å²) in [5, 5.41) is 5.31. The number of hydrogen-bond donors (Lipinski definition) is 3. The lowest BCUT2D eigenvalue weighted by Gasteiger charge is -2.34. The highest BCUT2D eigenvalue weighted by molar-refractivity contribution is 7.89. The van der Waals surface area contributed by atoms with Crippen LogP contribution in [0.1, 0.15) is 99.8 Å². The van der Waals surface area contributed by atoms with Gasteiger partial charge in [0.05, 0.1) is 18.0 Å². The zero-order valence-corrected chi connectivity index (χ0v) is 36.6. The molecule has 1 aromatic carbocycles. The van der Waals surface area contributed by atoms with E-state index in [1.807, 2.05) is 41.5 Å². The van der Waals surface area contributed by atoms with Crippen LogP contribution in [-0.4, -0.2) is 125 Å². The van der Waals surface area contributed by atoms with Crippen molar-refractivity contribution >= 4 is 40.0 Å². The summed E-state index contributed by atoms with van der Waals surface area (Å²) < 4.78 is 56.0. The van der Waals surface area contributed by atoms with Crippen LogP contribution in [0, 0.1) is 17.8 Å². The van der Waals surface area contributed by atoms with Gasteiger partial charge in [0.25, 0.3) is 0 Å². The van der Waals surface area contributed by atoms with Gasteiger partial charge in [-0.25, -0.2) is 18.0 Å². The van der Waals surface area contributed by atoms with Crippen molar-refractivity contribution in [1.29, 1.82) is 0 Å². The highest BCUT2D eigenvalue weighted by Gasteiger charge is 2.32. The fourth-order valence-corrected chi connectivity index (χ4v) is 8.39. The lowest BCUT2D eigenvalue weighted by atomic mass is 9.84. The topological polar surface area (TPSA) is 208 Å². The number of carbonyl (C=O) groups excluding carboxylic acids is 5. The molecule has 3 heterocycles. The molecule has 3 N–H and O–H groups in total. The maximum atomic E-state index is 13.7. The summed E-state index contributed by atoms with van der Waals surface area (Å²) in [6.07, 6.45) is 5.24. The molecule has 3 aliphatic rings. The number of benzene rings is 1. The van der Waals surface area contributed by atoms with E-state index in [1.54, 1.807) is 16.7 Å². The van der Waals surface area contributed by atoms with Gasteiger partial charge in [-0.2, -0.15) is 4.72 Å². The number of ether oxygens (including phenoxy) is 5. The first-order valence-corrected chi connectivity index (χ1v) is 22.3. The molecule has 0 unspecified atom stereocenters. The van der Waals surface area contributed by atoms with E-state index in [0.29, 0.717) is 63.2 Å². The van der Waals surface area contributed by atoms with Crippen molar-refractivity contribution in [2.45, 2.75) is 122 Å². The zero-order valence-electron chi connectivity index (χ0n) is 35.8. The number of hydrogen-bond acceptors (Lipinski definition) is 12. The Morgan fingerprint density at radius 3 is 1.78 bits per heavy atom. The van der Waals surface area contributed by atoms with Gasteiger partial charge >= 0.3 is 18.2 Å². The first-order valence-electron chi connectivity index (χ1n) is 20.8. The fraction of sp³-hybridized carbons (Fsp3) is 0.732. The Hall–Kier alpha value is -4.32. The molecule has 0 spiro atoms. The highest BCUT2D eigenvalue weighted by Crippen LogP contribution is 2.33. The van der Waals surface area contributed by atoms with Crippen LogP contribution in [0.4, 0.5) is 9.59 Å². The first-order chi connectivity index (χ1) is 27.7. The number of rotatable bonds is 16. The predicted molar refractivity (Wildman–Crippen MR) is 217 cm³/mol. The highest BCUT2D eigenvalue weighted by atomic mass is 32.2. The van der Waals surface area contributed by atoms with E-state index in [2.05, 4.69) is 15.4 Å². The van der Waals surface area contributed by atoms with E-state index in [1.165, 1.54) is 18.2 Å². The Morgan fingerprint density at radius 1 is 0.780 bits per heavy atom. The van der Waals surface area contributed by atoms with Crippen molar-refractivity contribution in [2.75, 3.05) is 59.1 Å². The smallest absolute Gasteiger partial charge is 0.410 e. The van der Waals surface area contributed by atoms with Crippen LogP contribution in [0.15, 0.2) is 23.1 Å². The lowest BCUT2D eigenvalue weighted by molar-refractivity contribution is -0.145. The number of likely N-dealkylation sites (tertiary alicyclic amines) is 2. The Labute approximate surface area is 348 Å². The molecule has 0 aromatic heterocycles. The minimum Gasteiger partial charge on any atom is -0.486 e. The Bertz CT molecular complexity index is 1660. The van der Waals surface area contributed by atoms with Gasteiger partial charge in [-0.15, -0.1) is 0 Å². The molecule has 4 rings (SSSR count). The van der Waals surface area contributed by atoms with Crippen molar-refractivity contribution in [2.24, 2.45) is 17.8 Å². The number of amides is 4. The third kappa shape index (κ3) is 15.7. The molecule has 0 aliphatic carbocycles. The van der Waals surface area contributed by atoms with Crippen LogP contribution in [0.2, 0.25) is 0 Å². The monoisotopic (exact) mass is 851 g/mol. The number of sulfonamides is 1. The van der Waals surface area contributed by atoms with E-state index < -0.39 is 45.7 Å². The summed E-state index contributed by atoms with van der Waals surface area (Å²) in [6, 6.07) is 2.63. The number of nitrogens with one attached hydrogen (secondary N) is 3. The molecule has 0 bridgehead atoms. The molecule has 18 heteroatoms. The second kappa shape index (κ2) is 21.3. The first kappa shape index (κ1) is 47.4. The Morgan fingerprint density at radius 2 is 1.29 bits per heavy atom. The molecule has 2 saturated heterocycles. The maximum absolute atomic E-state index is 13.7. The SMILES string of the molecule is CCOC(=O)[C@H](CNC(=O)CNC(=O)C(CCC1CCN(C(=O)OC(C)(C)C)CC1)CCC1CCN(C(=O)OC(C)(C)C)CC1)NS(=O)(=O)c1ccc2c(c1)OCCO2. The fourth-order valence-electron chi connectivity index (χ4n) is 7.19. The second-order valence-corrected chi connectivity index (χ2v) is 19.1. The quantitative estimate of drug-likeness (QED) is 0.157. The number of nitrogens with zero attached hydrogens (tertiary/aromatic N) is 2. The third-order valence-electron chi connectivity index (χ3n) is 10.4. The van der Waals surface area contributed by atoms with Crippen LogP contribution in [0.5, 0.6) is 11.5 Å². The summed E-state index contributed by atoms with van der Waals surface area (Å²) in [5.74, 6) is -0.887. The molecule has 2 fully saturated rings. The van der Waals surface area contributed by atoms with Gasteiger partial charge in [0.2, 0.25) is 21.8 Å². The predicted octanol–water partition coefficient (Wildman–Crippen LogP) is 4.37. The van der Waals surface area contributed by atoms with Gasteiger partial charge in [0.1, 0.15) is 30.5 Å². The molecule has 1 aromatic rings. The molecular formula is C41H65N5O12S. The molecule has 0 radical (unpaired) electrons. The maximum Gasteiger partial charge on any atom is 0.410 e. The largest absolute Gasteiger partial charge is 0.486 e. The summed E-state index contributed by atoms with van der Waals surface area (Å²) in [6.45, 7) is 14.7. The molecule has 1 atom stereocenters. The van der Waals surface area contributed by atoms with Gasteiger partial charge < -0.3 is 44.1 Å². The molecule has 4 amide bonds. The lowest BCUT2D eigenvalue weighted by Crippen LogP contribution is -2.50. The standard InChI is InChI=1S/C41H65N5O12S/c1-8-54-37(49)32(44-59(52,53)31-13-14-33-34(25-31)56-24-23-55-33)26-42-35(47)27-43-36(48)30(11-9-28-15-19-45(20-16-28)38(50)57-40(2,3)4)12-10-29-17-21-46(22-18-29)39(51)58-41(5,6)7/h13-14,25,28-30,32,44H,8-12,15-24,26-27H2,1-7H3,(H,42,47)(H,43,48)/t32-/m0/s1. The van der Waals surface area contributed by atoms with Crippen molar-refractivity contribution in [3.8, 4) is 11.5 Å². The van der Waals surface area contributed by atoms with E-state index in [4.69, 9.17) is 23.7 Å². The molecule has 0 saturated carbocycles. The molecule has 17 nitrogen and oxygen atoms in total. The van der Waals surface area contributed by atoms with Crippen LogP contribution in [-0.2, 0) is 38.6 Å². The third-order valence-corrected chi connectivity index (χ3v) is 11.8. The normalized spacial score (nSPS) is 17.2. The van der Waals surface area contributed by atoms with Gasteiger partial charge in [-0.05, 0) is 124 Å². The van der Waals surface area contributed by atoms with E-state index in [0.717, 1.165) is 38.5 Å². The number of piperidine rings is 2. The summed E-state index contributed by atoms with van der Waals surface area (Å²) >= 11 is 0. The van der Waals surface area contributed by atoms with E-state index in [-0.39, 0.29) is 54.4 Å². The molecule has 59 heavy (non-hydrogen) atoms. The van der Waals surface area contributed by atoms with Crippen molar-refractivity contribution in [3.05, 3.63) is 18.2 Å². The van der Waals surface area contributed by atoms with Gasteiger partial charge in [-0.3, -0.25) is 14.4 Å². The Balaban J connectivity index is 1.32. The average Bonchev–Trinajstić information content (AvgIpc) is 3.17. The van der Waals surface area contributed by atoms with E-state index >= 15 is 0 Å². The van der Waals surface area contributed by atoms with Crippen LogP contribution in [0.25, 0.3) is 0 Å². The average molecular weight is 852 g/mol. The van der Waals surface area contributed by atoms with Crippen LogP contribution in [0.3, 0.4) is 0 Å². The minimum atomic E-state index is -4.26. The summed E-state index contributed by atoms with van der Waals surface area (Å²) in [4.78, 5) is 68.0. The Kier molecular flexibility index (Phi) is 17.1. The van der Waals surface area contributed by atoms with Crippen molar-refractivity contribution in [3.63, 3.8) is 0 Å². The van der Waals surface area contributed by atoms with Crippen LogP contribution < -0.4 is 24.8 Å². The molecular weight excluding hydrogens is 787 g/mol. The summed E-state index contributed by atoms with van der Waals surface area (Å²) in [5.41, 5.74) is -1.15. The van der Waals surface area contributed by atoms with Gasteiger partial charge in [0, 0.05) is 44.7 Å². The van der Waals surface area contributed by atoms with Gasteiger partial charge in [-0.1, -0.05) is 0 Å². The minimum absolute atomic E-state index is 0.0157. The molecule has 332 valence electrons. The number of carbonyl (C=O) groups is 5. The number of esters is 1. The van der Waals surface area contributed by atoms with Crippen molar-refractivity contribution in [1.82, 2.24) is 25.2 Å².